The molecule has 1 aliphatic rings. The van der Waals surface area contributed by atoms with E-state index in [0.717, 1.165) is 4.90 Å². The van der Waals surface area contributed by atoms with Gasteiger partial charge in [0.15, 0.2) is 11.6 Å². The summed E-state index contributed by atoms with van der Waals surface area (Å²) in [5.74, 6) is -6.70. The highest BCUT2D eigenvalue weighted by Gasteiger charge is 2.46. The Morgan fingerprint density at radius 1 is 1.36 bits per heavy atom. The van der Waals surface area contributed by atoms with Gasteiger partial charge in [0.1, 0.15) is 5.70 Å². The lowest BCUT2D eigenvalue weighted by Crippen LogP contribution is -2.58. The van der Waals surface area contributed by atoms with Gasteiger partial charge in [0.25, 0.3) is 11.8 Å². The molecule has 1 unspecified atom stereocenters. The third kappa shape index (κ3) is 8.42. The molecule has 1 aromatic rings. The topological polar surface area (TPSA) is 96.0 Å². The normalized spacial score (nSPS) is 21.2. The molecule has 1 fully saturated rings. The van der Waals surface area contributed by atoms with Crippen LogP contribution in [0.1, 0.15) is 39.2 Å². The van der Waals surface area contributed by atoms with Gasteiger partial charge in [-0.05, 0) is 31.4 Å². The van der Waals surface area contributed by atoms with Gasteiger partial charge >= 0.3 is 6.18 Å². The molecule has 1 aromatic heterocycles. The second-order valence-electron chi connectivity index (χ2n) is 8.99. The summed E-state index contributed by atoms with van der Waals surface area (Å²) in [6.45, 7) is 3.90. The first-order valence-corrected chi connectivity index (χ1v) is 12.2. The van der Waals surface area contributed by atoms with E-state index in [0.29, 0.717) is 18.3 Å². The van der Waals surface area contributed by atoms with Crippen LogP contribution in [-0.4, -0.2) is 60.3 Å². The maximum absolute atomic E-state index is 14.6. The van der Waals surface area contributed by atoms with Gasteiger partial charge in [-0.3, -0.25) is 14.8 Å². The highest BCUT2D eigenvalue weighted by atomic mass is 19.4. The van der Waals surface area contributed by atoms with Gasteiger partial charge in [-0.2, -0.15) is 13.2 Å². The fourth-order valence-electron chi connectivity index (χ4n) is 4.11. The summed E-state index contributed by atoms with van der Waals surface area (Å²) in [4.78, 5) is 26.1. The van der Waals surface area contributed by atoms with Crippen molar-refractivity contribution in [1.29, 1.82) is 0 Å². The number of aliphatic imine (C=N–C) groups is 2. The number of hydrogen-bond donors (Lipinski definition) is 2. The molecule has 0 bridgehead atoms. The largest absolute Gasteiger partial charge is 0.417 e. The molecule has 1 saturated heterocycles. The number of halogens is 6. The van der Waals surface area contributed by atoms with Crippen molar-refractivity contribution in [2.24, 2.45) is 21.6 Å². The zero-order chi connectivity index (χ0) is 29.4. The summed E-state index contributed by atoms with van der Waals surface area (Å²) in [6.07, 6.45) is 3.52. The van der Waals surface area contributed by atoms with Crippen molar-refractivity contribution in [1.82, 2.24) is 9.88 Å². The Morgan fingerprint density at radius 3 is 2.62 bits per heavy atom. The summed E-state index contributed by atoms with van der Waals surface area (Å²) >= 11 is 0. The Labute approximate surface area is 223 Å². The fraction of sp³-hybridized carbons (Fsp3) is 0.462. The summed E-state index contributed by atoms with van der Waals surface area (Å²) in [6, 6.07) is -0.631. The van der Waals surface area contributed by atoms with E-state index in [1.54, 1.807) is 25.2 Å². The molecule has 2 heterocycles. The van der Waals surface area contributed by atoms with E-state index in [9.17, 15) is 31.1 Å². The van der Waals surface area contributed by atoms with Crippen LogP contribution in [0.2, 0.25) is 0 Å². The molecule has 0 radical (unpaired) electrons. The third-order valence-corrected chi connectivity index (χ3v) is 5.93. The van der Waals surface area contributed by atoms with Gasteiger partial charge in [-0.1, -0.05) is 26.0 Å². The quantitative estimate of drug-likeness (QED) is 0.184. The molecule has 0 saturated carbocycles. The molecule has 7 nitrogen and oxygen atoms in total. The number of nitrogens with one attached hydrogen (secondary N) is 1. The van der Waals surface area contributed by atoms with E-state index in [1.807, 2.05) is 6.92 Å². The SMILES string of the molecule is C\C=C/C=N/C(=C/CC)C(C=NC)=C(N)C(=O)N1CC(F)(F)CC(C)[C@H]1CNc1ncc(C(F)(F)F)cc1F. The van der Waals surface area contributed by atoms with Crippen LogP contribution in [0.5, 0.6) is 0 Å². The lowest BCUT2D eigenvalue weighted by Gasteiger charge is -2.43. The molecule has 39 heavy (non-hydrogen) atoms. The molecule has 0 aliphatic carbocycles. The second-order valence-corrected chi connectivity index (χ2v) is 8.99. The number of amides is 1. The molecule has 0 spiro atoms. The van der Waals surface area contributed by atoms with Crippen molar-refractivity contribution in [3.05, 3.63) is 58.8 Å². The Bertz CT molecular complexity index is 1170. The summed E-state index contributed by atoms with van der Waals surface area (Å²) in [7, 11) is 1.45. The zero-order valence-electron chi connectivity index (χ0n) is 22.1. The molecule has 13 heteroatoms. The summed E-state index contributed by atoms with van der Waals surface area (Å²) in [5.41, 5.74) is 5.02. The number of rotatable bonds is 9. The monoisotopic (exact) mass is 558 g/mol. The van der Waals surface area contributed by atoms with Gasteiger partial charge in [-0.25, -0.2) is 18.2 Å². The van der Waals surface area contributed by atoms with E-state index in [4.69, 9.17) is 5.73 Å². The maximum atomic E-state index is 14.6. The van der Waals surface area contributed by atoms with Crippen LogP contribution in [0.4, 0.5) is 32.2 Å². The number of piperidine rings is 1. The van der Waals surface area contributed by atoms with Crippen LogP contribution in [0.3, 0.4) is 0 Å². The average molecular weight is 559 g/mol. The van der Waals surface area contributed by atoms with Crippen molar-refractivity contribution in [2.75, 3.05) is 25.5 Å². The van der Waals surface area contributed by atoms with Crippen molar-refractivity contribution < 1.29 is 31.1 Å². The first kappa shape index (κ1) is 31.6. The first-order valence-electron chi connectivity index (χ1n) is 12.2. The molecule has 1 amide bonds. The molecule has 214 valence electrons. The smallest absolute Gasteiger partial charge is 0.394 e. The highest BCUT2D eigenvalue weighted by molar-refractivity contribution is 6.02. The van der Waals surface area contributed by atoms with Crippen LogP contribution in [0.15, 0.2) is 57.4 Å². The van der Waals surface area contributed by atoms with Gasteiger partial charge in [0, 0.05) is 44.2 Å². The standard InChI is InChI=1S/C26H32F6N6O/c1-5-7-9-35-20(8-6-2)18(13-34-4)22(33)24(39)38-15-25(28,29)11-16(3)21(38)14-37-23-19(27)10-17(12-36-23)26(30,31)32/h5,7-10,12-13,16,21H,6,11,14-15,33H2,1-4H3,(H,36,37)/b7-5-,20-8+,22-18?,34-13?,35-9+/t16?,21-/m1/s1. The van der Waals surface area contributed by atoms with Crippen molar-refractivity contribution in [3.8, 4) is 0 Å². The summed E-state index contributed by atoms with van der Waals surface area (Å²) in [5, 5.41) is 2.56. The average Bonchev–Trinajstić information content (AvgIpc) is 2.85. The predicted molar refractivity (Wildman–Crippen MR) is 139 cm³/mol. The third-order valence-electron chi connectivity index (χ3n) is 5.93. The van der Waals surface area contributed by atoms with Crippen molar-refractivity contribution in [2.45, 2.75) is 51.8 Å². The van der Waals surface area contributed by atoms with Crippen LogP contribution < -0.4 is 11.1 Å². The molecular formula is C26H32F6N6O. The van der Waals surface area contributed by atoms with E-state index >= 15 is 0 Å². The first-order chi connectivity index (χ1) is 18.3. The number of carbonyl (C=O) groups is 1. The van der Waals surface area contributed by atoms with Crippen LogP contribution in [0, 0.1) is 11.7 Å². The van der Waals surface area contributed by atoms with Crippen molar-refractivity contribution in [3.63, 3.8) is 0 Å². The number of carbonyl (C=O) groups excluding carboxylic acids is 1. The number of allylic oxidation sites excluding steroid dienone is 4. The molecule has 1 aliphatic heterocycles. The van der Waals surface area contributed by atoms with Crippen LogP contribution in [0.25, 0.3) is 0 Å². The minimum Gasteiger partial charge on any atom is -0.394 e. The number of nitrogens with zero attached hydrogens (tertiary/aromatic N) is 4. The van der Waals surface area contributed by atoms with Gasteiger partial charge in [0.2, 0.25) is 0 Å². The van der Waals surface area contributed by atoms with Crippen LogP contribution in [-0.2, 0) is 11.0 Å². The Morgan fingerprint density at radius 2 is 2.05 bits per heavy atom. The maximum Gasteiger partial charge on any atom is 0.417 e. The molecule has 3 N–H and O–H groups in total. The number of aromatic nitrogens is 1. The number of anilines is 1. The molecular weight excluding hydrogens is 526 g/mol. The number of alkyl halides is 5. The van der Waals surface area contributed by atoms with Gasteiger partial charge < -0.3 is 16.0 Å². The number of hydrogen-bond acceptors (Lipinski definition) is 6. The van der Waals surface area contributed by atoms with E-state index in [2.05, 4.69) is 20.3 Å². The lowest BCUT2D eigenvalue weighted by molar-refractivity contribution is -0.148. The van der Waals surface area contributed by atoms with Gasteiger partial charge in [-0.15, -0.1) is 0 Å². The van der Waals surface area contributed by atoms with E-state index < -0.39 is 60.1 Å². The molecule has 0 aromatic carbocycles. The van der Waals surface area contributed by atoms with E-state index in [-0.39, 0.29) is 23.9 Å². The number of pyridine rings is 1. The van der Waals surface area contributed by atoms with Crippen LogP contribution >= 0.6 is 0 Å². The zero-order valence-corrected chi connectivity index (χ0v) is 22.1. The number of nitrogens with two attached hydrogens (primary N) is 1. The van der Waals surface area contributed by atoms with E-state index in [1.165, 1.54) is 26.4 Å². The highest BCUT2D eigenvalue weighted by Crippen LogP contribution is 2.36. The molecule has 2 rings (SSSR count). The van der Waals surface area contributed by atoms with Gasteiger partial charge in [0.05, 0.1) is 23.8 Å². The minimum atomic E-state index is -4.79. The minimum absolute atomic E-state index is 0.133. The fourth-order valence-corrected chi connectivity index (χ4v) is 4.11. The Kier molecular flexibility index (Phi) is 10.9. The molecule has 2 atom stereocenters. The van der Waals surface area contributed by atoms with Crippen molar-refractivity contribution >= 4 is 24.2 Å². The summed E-state index contributed by atoms with van der Waals surface area (Å²) < 4.78 is 82.1. The number of likely N-dealkylation sites (tertiary alicyclic amines) is 1. The Hall–Kier alpha value is -3.64. The second kappa shape index (κ2) is 13.4. The predicted octanol–water partition coefficient (Wildman–Crippen LogP) is 5.38. The lowest BCUT2D eigenvalue weighted by atomic mass is 9.88. The Balaban J connectivity index is 2.45.